The molecule has 1 atom stereocenters. The Morgan fingerprint density at radius 3 is 2.85 bits per heavy atom. The van der Waals surface area contributed by atoms with Crippen molar-refractivity contribution in [2.75, 3.05) is 0 Å². The van der Waals surface area contributed by atoms with E-state index in [9.17, 15) is 4.79 Å². The summed E-state index contributed by atoms with van der Waals surface area (Å²) in [4.78, 5) is 10.5. The van der Waals surface area contributed by atoms with Gasteiger partial charge in [0.15, 0.2) is 4.67 Å². The highest BCUT2D eigenvalue weighted by molar-refractivity contribution is 9.10. The summed E-state index contributed by atoms with van der Waals surface area (Å²) < 4.78 is 5.76. The van der Waals surface area contributed by atoms with Gasteiger partial charge in [-0.3, -0.25) is 4.79 Å². The SMILES string of the molecule is Cc1oc(Br)cc1CC(N)C(=O)O. The predicted octanol–water partition coefficient (Wildman–Crippen LogP) is 1.30. The van der Waals surface area contributed by atoms with E-state index in [0.29, 0.717) is 10.4 Å². The van der Waals surface area contributed by atoms with Gasteiger partial charge in [0, 0.05) is 6.42 Å². The van der Waals surface area contributed by atoms with Gasteiger partial charge in [0.25, 0.3) is 0 Å². The fourth-order valence-electron chi connectivity index (χ4n) is 1.01. The first kappa shape index (κ1) is 10.3. The molecule has 0 aliphatic rings. The van der Waals surface area contributed by atoms with Crippen molar-refractivity contribution < 1.29 is 14.3 Å². The summed E-state index contributed by atoms with van der Waals surface area (Å²) in [5, 5.41) is 8.57. The third kappa shape index (κ3) is 2.57. The largest absolute Gasteiger partial charge is 0.480 e. The number of carboxylic acids is 1. The number of carboxylic acid groups (broad SMARTS) is 1. The van der Waals surface area contributed by atoms with E-state index in [1.54, 1.807) is 13.0 Å². The zero-order valence-corrected chi connectivity index (χ0v) is 8.67. The number of hydrogen-bond acceptors (Lipinski definition) is 3. The standard InChI is InChI=1S/C8H10BrNO3/c1-4-5(3-7(9)13-4)2-6(10)8(11)12/h3,6H,2,10H2,1H3,(H,11,12). The summed E-state index contributed by atoms with van der Waals surface area (Å²) in [5.74, 6) is -0.305. The van der Waals surface area contributed by atoms with Crippen molar-refractivity contribution in [3.8, 4) is 0 Å². The van der Waals surface area contributed by atoms with E-state index in [-0.39, 0.29) is 6.42 Å². The van der Waals surface area contributed by atoms with Crippen molar-refractivity contribution in [2.45, 2.75) is 19.4 Å². The van der Waals surface area contributed by atoms with Gasteiger partial charge < -0.3 is 15.3 Å². The lowest BCUT2D eigenvalue weighted by atomic mass is 10.1. The lowest BCUT2D eigenvalue weighted by Crippen LogP contribution is -2.32. The Labute approximate surface area is 83.8 Å². The normalized spacial score (nSPS) is 12.8. The van der Waals surface area contributed by atoms with E-state index < -0.39 is 12.0 Å². The van der Waals surface area contributed by atoms with Crippen LogP contribution in [0, 0.1) is 6.92 Å². The highest BCUT2D eigenvalue weighted by Gasteiger charge is 2.15. The van der Waals surface area contributed by atoms with Crippen molar-refractivity contribution in [3.05, 3.63) is 22.1 Å². The van der Waals surface area contributed by atoms with Gasteiger partial charge in [0.05, 0.1) is 0 Å². The van der Waals surface area contributed by atoms with Crippen LogP contribution in [0.2, 0.25) is 0 Å². The number of rotatable bonds is 3. The maximum atomic E-state index is 10.5. The van der Waals surface area contributed by atoms with Crippen LogP contribution in [0.15, 0.2) is 15.2 Å². The van der Waals surface area contributed by atoms with Crippen LogP contribution in [0.5, 0.6) is 0 Å². The van der Waals surface area contributed by atoms with Crippen LogP contribution in [0.4, 0.5) is 0 Å². The maximum Gasteiger partial charge on any atom is 0.320 e. The number of furan rings is 1. The number of carbonyl (C=O) groups is 1. The lowest BCUT2D eigenvalue weighted by Gasteiger charge is -2.03. The minimum atomic E-state index is -1.00. The van der Waals surface area contributed by atoms with Gasteiger partial charge in [-0.1, -0.05) is 0 Å². The summed E-state index contributed by atoms with van der Waals surface area (Å²) >= 11 is 3.16. The van der Waals surface area contributed by atoms with Gasteiger partial charge in [-0.15, -0.1) is 0 Å². The van der Waals surface area contributed by atoms with Gasteiger partial charge in [-0.2, -0.15) is 0 Å². The molecule has 1 heterocycles. The minimum Gasteiger partial charge on any atom is -0.480 e. The van der Waals surface area contributed by atoms with Crippen molar-refractivity contribution in [1.29, 1.82) is 0 Å². The van der Waals surface area contributed by atoms with Gasteiger partial charge in [-0.25, -0.2) is 0 Å². The zero-order chi connectivity index (χ0) is 10.0. The average Bonchev–Trinajstić information content (AvgIpc) is 2.30. The summed E-state index contributed by atoms with van der Waals surface area (Å²) in [6, 6.07) is 0.862. The Bertz CT molecular complexity index is 321. The van der Waals surface area contributed by atoms with Gasteiger partial charge in [0.1, 0.15) is 11.8 Å². The molecule has 0 fully saturated rings. The van der Waals surface area contributed by atoms with Crippen molar-refractivity contribution in [2.24, 2.45) is 5.73 Å². The second kappa shape index (κ2) is 3.93. The Hall–Kier alpha value is -0.810. The van der Waals surface area contributed by atoms with Gasteiger partial charge in [0.2, 0.25) is 0 Å². The predicted molar refractivity (Wildman–Crippen MR) is 50.5 cm³/mol. The first-order chi connectivity index (χ1) is 6.00. The van der Waals surface area contributed by atoms with E-state index in [1.165, 1.54) is 0 Å². The molecule has 5 heteroatoms. The third-order valence-corrected chi connectivity index (χ3v) is 2.14. The molecule has 0 saturated carbocycles. The van der Waals surface area contributed by atoms with E-state index in [0.717, 1.165) is 5.56 Å². The Morgan fingerprint density at radius 2 is 2.46 bits per heavy atom. The molecular weight excluding hydrogens is 238 g/mol. The first-order valence-electron chi connectivity index (χ1n) is 3.74. The highest BCUT2D eigenvalue weighted by Crippen LogP contribution is 2.20. The summed E-state index contributed by atoms with van der Waals surface area (Å²) in [6.07, 6.45) is 0.288. The smallest absolute Gasteiger partial charge is 0.320 e. The molecule has 4 nitrogen and oxygen atoms in total. The van der Waals surface area contributed by atoms with Crippen molar-refractivity contribution in [3.63, 3.8) is 0 Å². The Kier molecular flexibility index (Phi) is 3.11. The molecule has 0 aliphatic heterocycles. The molecule has 3 N–H and O–H groups in total. The quantitative estimate of drug-likeness (QED) is 0.845. The number of aryl methyl sites for hydroxylation is 1. The fraction of sp³-hybridized carbons (Fsp3) is 0.375. The summed E-state index contributed by atoms with van der Waals surface area (Å²) in [7, 11) is 0. The molecule has 0 saturated heterocycles. The highest BCUT2D eigenvalue weighted by atomic mass is 79.9. The van der Waals surface area contributed by atoms with Crippen LogP contribution < -0.4 is 5.73 Å². The van der Waals surface area contributed by atoms with E-state index in [4.69, 9.17) is 15.3 Å². The monoisotopic (exact) mass is 247 g/mol. The Balaban J connectivity index is 2.74. The van der Waals surface area contributed by atoms with Crippen molar-refractivity contribution >= 4 is 21.9 Å². The number of nitrogens with two attached hydrogens (primary N) is 1. The maximum absolute atomic E-state index is 10.5. The lowest BCUT2D eigenvalue weighted by molar-refractivity contribution is -0.138. The van der Waals surface area contributed by atoms with Crippen LogP contribution in [-0.4, -0.2) is 17.1 Å². The second-order valence-corrected chi connectivity index (χ2v) is 3.56. The molecular formula is C8H10BrNO3. The minimum absolute atomic E-state index is 0.288. The molecule has 13 heavy (non-hydrogen) atoms. The molecule has 0 aromatic carbocycles. The van der Waals surface area contributed by atoms with Crippen LogP contribution in [0.25, 0.3) is 0 Å². The number of halogens is 1. The van der Waals surface area contributed by atoms with Crippen LogP contribution in [0.3, 0.4) is 0 Å². The molecule has 1 aromatic rings. The van der Waals surface area contributed by atoms with E-state index in [2.05, 4.69) is 15.9 Å². The molecule has 0 aliphatic carbocycles. The molecule has 1 unspecified atom stereocenters. The van der Waals surface area contributed by atoms with Crippen LogP contribution >= 0.6 is 15.9 Å². The van der Waals surface area contributed by atoms with Crippen molar-refractivity contribution in [1.82, 2.24) is 0 Å². The van der Waals surface area contributed by atoms with E-state index >= 15 is 0 Å². The molecule has 72 valence electrons. The van der Waals surface area contributed by atoms with Crippen LogP contribution in [0.1, 0.15) is 11.3 Å². The van der Waals surface area contributed by atoms with Gasteiger partial charge in [-0.05, 0) is 34.5 Å². The number of aliphatic carboxylic acids is 1. The molecule has 1 aromatic heterocycles. The summed E-state index contributed by atoms with van der Waals surface area (Å²) in [6.45, 7) is 1.77. The van der Waals surface area contributed by atoms with Crippen LogP contribution in [-0.2, 0) is 11.2 Å². The van der Waals surface area contributed by atoms with Gasteiger partial charge >= 0.3 is 5.97 Å². The first-order valence-corrected chi connectivity index (χ1v) is 4.53. The topological polar surface area (TPSA) is 76.5 Å². The molecule has 0 amide bonds. The number of hydrogen-bond donors (Lipinski definition) is 2. The fourth-order valence-corrected chi connectivity index (χ4v) is 1.53. The molecule has 0 spiro atoms. The molecule has 0 radical (unpaired) electrons. The molecule has 1 rings (SSSR count). The summed E-state index contributed by atoms with van der Waals surface area (Å²) in [5.41, 5.74) is 6.19. The van der Waals surface area contributed by atoms with E-state index in [1.807, 2.05) is 0 Å². The Morgan fingerprint density at radius 1 is 1.85 bits per heavy atom. The third-order valence-electron chi connectivity index (χ3n) is 1.75. The molecule has 0 bridgehead atoms. The average molecular weight is 248 g/mol. The second-order valence-electron chi connectivity index (χ2n) is 2.78. The zero-order valence-electron chi connectivity index (χ0n) is 7.08.